The van der Waals surface area contributed by atoms with Crippen molar-refractivity contribution in [3.8, 4) is 0 Å². The van der Waals surface area contributed by atoms with Crippen LogP contribution < -0.4 is 4.90 Å². The summed E-state index contributed by atoms with van der Waals surface area (Å²) >= 11 is 6.61. The molecule has 0 saturated carbocycles. The van der Waals surface area contributed by atoms with E-state index in [0.29, 0.717) is 43.1 Å². The monoisotopic (exact) mass is 591 g/mol. The number of benzene rings is 2. The van der Waals surface area contributed by atoms with Crippen LogP contribution in [0.15, 0.2) is 73.8 Å². The van der Waals surface area contributed by atoms with Crippen molar-refractivity contribution in [3.05, 3.63) is 90.0 Å². The van der Waals surface area contributed by atoms with Gasteiger partial charge >= 0.3 is 0 Å². The predicted molar refractivity (Wildman–Crippen MR) is 162 cm³/mol. The minimum Gasteiger partial charge on any atom is -0.396 e. The number of amides is 3. The number of hydrogen-bond donors (Lipinski definition) is 1. The Labute approximate surface area is 252 Å². The summed E-state index contributed by atoms with van der Waals surface area (Å²) in [6.45, 7) is 10.5. The lowest BCUT2D eigenvalue weighted by Gasteiger charge is -2.37. The molecule has 42 heavy (non-hydrogen) atoms. The Hall–Kier alpha value is -3.46. The van der Waals surface area contributed by atoms with Crippen molar-refractivity contribution in [2.75, 3.05) is 31.1 Å². The van der Waals surface area contributed by atoms with Gasteiger partial charge < -0.3 is 24.5 Å². The number of rotatable bonds is 12. The Kier molecular flexibility index (Phi) is 8.87. The molecule has 2 bridgehead atoms. The number of carbonyl (C=O) groups is 3. The first-order chi connectivity index (χ1) is 20.3. The highest BCUT2D eigenvalue weighted by atomic mass is 35.5. The molecule has 3 saturated heterocycles. The van der Waals surface area contributed by atoms with Gasteiger partial charge in [0, 0.05) is 32.8 Å². The first kappa shape index (κ1) is 30.0. The number of aliphatic hydroxyl groups is 1. The summed E-state index contributed by atoms with van der Waals surface area (Å²) in [4.78, 5) is 47.9. The molecule has 1 spiro atoms. The van der Waals surface area contributed by atoms with Crippen LogP contribution in [0.3, 0.4) is 0 Å². The van der Waals surface area contributed by atoms with Gasteiger partial charge in [-0.3, -0.25) is 14.4 Å². The Morgan fingerprint density at radius 2 is 1.86 bits per heavy atom. The van der Waals surface area contributed by atoms with E-state index in [2.05, 4.69) is 13.2 Å². The molecule has 2 aromatic rings. The third kappa shape index (κ3) is 5.06. The van der Waals surface area contributed by atoms with Crippen molar-refractivity contribution in [3.63, 3.8) is 0 Å². The maximum absolute atomic E-state index is 14.6. The molecule has 0 radical (unpaired) electrons. The van der Waals surface area contributed by atoms with Crippen LogP contribution in [0.2, 0.25) is 5.02 Å². The fourth-order valence-corrected chi connectivity index (χ4v) is 7.46. The molecule has 222 valence electrons. The number of para-hydroxylation sites is 1. The topological polar surface area (TPSA) is 90.4 Å². The van der Waals surface area contributed by atoms with Crippen molar-refractivity contribution in [1.82, 2.24) is 9.80 Å². The number of carbonyl (C=O) groups excluding carboxylic acids is 3. The molecular weight excluding hydrogens is 554 g/mol. The third-order valence-electron chi connectivity index (χ3n) is 8.79. The highest BCUT2D eigenvalue weighted by molar-refractivity contribution is 6.34. The van der Waals surface area contributed by atoms with E-state index in [1.165, 1.54) is 4.90 Å². The van der Waals surface area contributed by atoms with E-state index in [-0.39, 0.29) is 37.4 Å². The summed E-state index contributed by atoms with van der Waals surface area (Å²) in [5.41, 5.74) is 1.18. The summed E-state index contributed by atoms with van der Waals surface area (Å²) in [5, 5.41) is 10.1. The largest absolute Gasteiger partial charge is 0.396 e. The number of hydrogen-bond acceptors (Lipinski definition) is 5. The summed E-state index contributed by atoms with van der Waals surface area (Å²) in [5.74, 6) is -2.32. The molecule has 5 atom stereocenters. The van der Waals surface area contributed by atoms with Crippen molar-refractivity contribution in [2.24, 2.45) is 11.8 Å². The Bertz CT molecular complexity index is 1350. The van der Waals surface area contributed by atoms with Gasteiger partial charge in [-0.25, -0.2) is 0 Å². The number of fused-ring (bicyclic) bond motifs is 1. The van der Waals surface area contributed by atoms with Crippen molar-refractivity contribution in [1.29, 1.82) is 0 Å². The fraction of sp³-hybridized carbons (Fsp3) is 0.424. The average Bonchev–Trinajstić information content (AvgIpc) is 3.62. The molecule has 2 aromatic carbocycles. The van der Waals surface area contributed by atoms with E-state index in [9.17, 15) is 19.5 Å². The van der Waals surface area contributed by atoms with Crippen LogP contribution in [-0.2, 0) is 25.7 Å². The standard InChI is InChI=1S/C33H38ClN3O5/c1-4-17-35(21-23-12-7-6-8-13-23)30(39)26-25-15-16-33(42-25)27(26)31(40)37(19-10-20-38)29(33)32(41)36(18-5-2)28-22(3)11-9-14-24(28)34/h4-9,11-14,25-27,29,38H,1-2,10,15-21H2,3H3/t25-,26+,27-,29?,33?/m0/s1. The molecule has 3 amide bonds. The van der Waals surface area contributed by atoms with Gasteiger partial charge in [0.1, 0.15) is 11.6 Å². The Morgan fingerprint density at radius 1 is 1.12 bits per heavy atom. The number of likely N-dealkylation sites (tertiary alicyclic amines) is 1. The minimum absolute atomic E-state index is 0.140. The van der Waals surface area contributed by atoms with Crippen LogP contribution in [-0.4, -0.2) is 76.6 Å². The Morgan fingerprint density at radius 3 is 2.52 bits per heavy atom. The van der Waals surface area contributed by atoms with Gasteiger partial charge in [-0.2, -0.15) is 0 Å². The van der Waals surface area contributed by atoms with Gasteiger partial charge in [0.25, 0.3) is 5.91 Å². The maximum Gasteiger partial charge on any atom is 0.253 e. The molecule has 3 aliphatic rings. The van der Waals surface area contributed by atoms with Gasteiger partial charge in [0.05, 0.1) is 28.6 Å². The van der Waals surface area contributed by atoms with Gasteiger partial charge in [0.15, 0.2) is 0 Å². The minimum atomic E-state index is -1.16. The normalized spacial score (nSPS) is 25.8. The predicted octanol–water partition coefficient (Wildman–Crippen LogP) is 4.14. The number of aryl methyl sites for hydroxylation is 1. The molecular formula is C33H38ClN3O5. The second kappa shape index (κ2) is 12.4. The molecule has 3 fully saturated rings. The molecule has 0 aromatic heterocycles. The molecule has 2 unspecified atom stereocenters. The molecule has 0 aliphatic carbocycles. The smallest absolute Gasteiger partial charge is 0.253 e. The van der Waals surface area contributed by atoms with Gasteiger partial charge in [-0.1, -0.05) is 66.2 Å². The molecule has 9 heteroatoms. The second-order valence-corrected chi connectivity index (χ2v) is 11.7. The van der Waals surface area contributed by atoms with Gasteiger partial charge in [0.2, 0.25) is 11.8 Å². The lowest BCUT2D eigenvalue weighted by molar-refractivity contribution is -0.145. The number of halogens is 1. The van der Waals surface area contributed by atoms with Crippen LogP contribution in [0.25, 0.3) is 0 Å². The Balaban J connectivity index is 1.54. The maximum atomic E-state index is 14.6. The van der Waals surface area contributed by atoms with Crippen LogP contribution in [0.5, 0.6) is 0 Å². The second-order valence-electron chi connectivity index (χ2n) is 11.3. The zero-order valence-electron chi connectivity index (χ0n) is 24.0. The lowest BCUT2D eigenvalue weighted by Crippen LogP contribution is -2.57. The van der Waals surface area contributed by atoms with E-state index < -0.39 is 29.6 Å². The summed E-state index contributed by atoms with van der Waals surface area (Å²) in [7, 11) is 0. The summed E-state index contributed by atoms with van der Waals surface area (Å²) in [6, 6.07) is 14.1. The fourth-order valence-electron chi connectivity index (χ4n) is 7.13. The number of anilines is 1. The molecule has 5 rings (SSSR count). The van der Waals surface area contributed by atoms with E-state index in [0.717, 1.165) is 11.1 Å². The van der Waals surface area contributed by atoms with E-state index >= 15 is 0 Å². The van der Waals surface area contributed by atoms with Crippen LogP contribution >= 0.6 is 11.6 Å². The summed E-state index contributed by atoms with van der Waals surface area (Å²) < 4.78 is 6.63. The van der Waals surface area contributed by atoms with Crippen molar-refractivity contribution in [2.45, 2.75) is 50.5 Å². The van der Waals surface area contributed by atoms with Crippen molar-refractivity contribution >= 4 is 35.0 Å². The highest BCUT2D eigenvalue weighted by Gasteiger charge is 2.74. The zero-order valence-corrected chi connectivity index (χ0v) is 24.7. The third-order valence-corrected chi connectivity index (χ3v) is 9.09. The van der Waals surface area contributed by atoms with Crippen LogP contribution in [0.1, 0.15) is 30.4 Å². The lowest BCUT2D eigenvalue weighted by atomic mass is 9.70. The highest BCUT2D eigenvalue weighted by Crippen LogP contribution is 2.59. The number of ether oxygens (including phenoxy) is 1. The molecule has 3 aliphatic heterocycles. The van der Waals surface area contributed by atoms with E-state index in [1.54, 1.807) is 28.0 Å². The first-order valence-electron chi connectivity index (χ1n) is 14.5. The zero-order chi connectivity index (χ0) is 30.0. The molecule has 1 N–H and O–H groups in total. The molecule has 3 heterocycles. The van der Waals surface area contributed by atoms with Gasteiger partial charge in [-0.15, -0.1) is 13.2 Å². The number of nitrogens with zero attached hydrogens (tertiary/aromatic N) is 3. The van der Waals surface area contributed by atoms with Crippen molar-refractivity contribution < 1.29 is 24.2 Å². The van der Waals surface area contributed by atoms with E-state index in [1.807, 2.05) is 49.4 Å². The quantitative estimate of drug-likeness (QED) is 0.375. The SMILES string of the molecule is C=CCN(Cc1ccccc1)C(=O)[C@@H]1[C@@H]2CCC3(O2)C(C(=O)N(CC=C)c2c(C)cccc2Cl)N(CCCO)C(=O)[C@H]13. The number of aliphatic hydroxyl groups excluding tert-OH is 1. The van der Waals surface area contributed by atoms with Crippen LogP contribution in [0, 0.1) is 18.8 Å². The first-order valence-corrected chi connectivity index (χ1v) is 14.9. The molecule has 8 nitrogen and oxygen atoms in total. The average molecular weight is 592 g/mol. The summed E-state index contributed by atoms with van der Waals surface area (Å²) in [6.07, 6.45) is 4.18. The van der Waals surface area contributed by atoms with Gasteiger partial charge in [-0.05, 0) is 43.4 Å². The van der Waals surface area contributed by atoms with Crippen LogP contribution in [0.4, 0.5) is 5.69 Å². The van der Waals surface area contributed by atoms with E-state index in [4.69, 9.17) is 16.3 Å².